The van der Waals surface area contributed by atoms with Crippen LogP contribution in [0.5, 0.6) is 0 Å². The van der Waals surface area contributed by atoms with E-state index in [1.807, 2.05) is 0 Å². The third kappa shape index (κ3) is 1.69. The minimum absolute atomic E-state index is 0.160. The van der Waals surface area contributed by atoms with Gasteiger partial charge in [0.25, 0.3) is 0 Å². The lowest BCUT2D eigenvalue weighted by Gasteiger charge is -2.51. The molecule has 2 saturated heterocycles. The van der Waals surface area contributed by atoms with Gasteiger partial charge in [-0.1, -0.05) is 0 Å². The van der Waals surface area contributed by atoms with Crippen molar-refractivity contribution in [1.29, 1.82) is 0 Å². The summed E-state index contributed by atoms with van der Waals surface area (Å²) >= 11 is 0. The second-order valence-electron chi connectivity index (χ2n) is 5.49. The minimum Gasteiger partial charge on any atom is -0.338 e. The van der Waals surface area contributed by atoms with Gasteiger partial charge in [-0.3, -0.25) is 0 Å². The van der Waals surface area contributed by atoms with Crippen LogP contribution in [-0.4, -0.2) is 42.1 Å². The van der Waals surface area contributed by atoms with E-state index >= 15 is 0 Å². The summed E-state index contributed by atoms with van der Waals surface area (Å²) in [7, 11) is 0. The zero-order valence-electron chi connectivity index (χ0n) is 9.80. The number of carbonyl (C=O) groups is 1. The van der Waals surface area contributed by atoms with E-state index in [0.717, 1.165) is 32.5 Å². The van der Waals surface area contributed by atoms with Gasteiger partial charge < -0.3 is 15.5 Å². The molecule has 16 heavy (non-hydrogen) atoms. The number of rotatable bonds is 1. The average molecular weight is 223 g/mol. The van der Waals surface area contributed by atoms with E-state index in [1.54, 1.807) is 0 Å². The molecule has 1 spiro atoms. The maximum absolute atomic E-state index is 11.8. The predicted octanol–water partition coefficient (Wildman–Crippen LogP) is 1.08. The van der Waals surface area contributed by atoms with Crippen LogP contribution in [0, 0.1) is 0 Å². The molecule has 3 rings (SSSR count). The van der Waals surface area contributed by atoms with Gasteiger partial charge in [0.1, 0.15) is 0 Å². The molecule has 0 radical (unpaired) electrons. The lowest BCUT2D eigenvalue weighted by molar-refractivity contribution is 0.0699. The Morgan fingerprint density at radius 1 is 1.25 bits per heavy atom. The van der Waals surface area contributed by atoms with E-state index in [9.17, 15) is 4.79 Å². The fraction of sp³-hybridized carbons (Fsp3) is 0.917. The van der Waals surface area contributed by atoms with Crippen LogP contribution in [0.2, 0.25) is 0 Å². The third-order valence-corrected chi connectivity index (χ3v) is 4.47. The van der Waals surface area contributed by atoms with Crippen LogP contribution in [0.4, 0.5) is 4.79 Å². The first-order valence-electron chi connectivity index (χ1n) is 6.59. The first-order chi connectivity index (χ1) is 7.79. The zero-order chi connectivity index (χ0) is 11.0. The number of nitrogens with one attached hydrogen (secondary N) is 2. The van der Waals surface area contributed by atoms with Gasteiger partial charge in [-0.2, -0.15) is 0 Å². The van der Waals surface area contributed by atoms with Crippen LogP contribution in [0.15, 0.2) is 0 Å². The van der Waals surface area contributed by atoms with Crippen molar-refractivity contribution in [2.24, 2.45) is 0 Å². The highest BCUT2D eigenvalue weighted by Gasteiger charge is 2.43. The number of hydrogen-bond acceptors (Lipinski definition) is 2. The molecule has 0 bridgehead atoms. The molecule has 2 heterocycles. The van der Waals surface area contributed by atoms with Gasteiger partial charge in [0, 0.05) is 24.7 Å². The molecule has 1 aliphatic carbocycles. The number of piperidine rings is 1. The number of amides is 2. The Morgan fingerprint density at radius 2 is 2.12 bits per heavy atom. The lowest BCUT2D eigenvalue weighted by Crippen LogP contribution is -2.62. The van der Waals surface area contributed by atoms with Gasteiger partial charge in [-0.25, -0.2) is 4.79 Å². The molecule has 0 aromatic rings. The Hall–Kier alpha value is -0.770. The van der Waals surface area contributed by atoms with Crippen LogP contribution in [-0.2, 0) is 0 Å². The predicted molar refractivity (Wildman–Crippen MR) is 62.3 cm³/mol. The standard InChI is InChI=1S/C12H21N3O/c16-11-13-6-2-8-15(11)10-3-7-14-12(9-10)4-1-5-12/h10,14H,1-9H2,(H,13,16). The Balaban J connectivity index is 1.67. The first-order valence-corrected chi connectivity index (χ1v) is 6.59. The highest BCUT2D eigenvalue weighted by Crippen LogP contribution is 2.39. The smallest absolute Gasteiger partial charge is 0.317 e. The molecule has 0 aromatic carbocycles. The largest absolute Gasteiger partial charge is 0.338 e. The summed E-state index contributed by atoms with van der Waals surface area (Å²) in [6.07, 6.45) is 7.35. The molecule has 4 heteroatoms. The van der Waals surface area contributed by atoms with E-state index < -0.39 is 0 Å². The third-order valence-electron chi connectivity index (χ3n) is 4.47. The maximum atomic E-state index is 11.8. The van der Waals surface area contributed by atoms with Gasteiger partial charge in [-0.15, -0.1) is 0 Å². The molecule has 4 nitrogen and oxygen atoms in total. The lowest BCUT2D eigenvalue weighted by atomic mass is 9.70. The summed E-state index contributed by atoms with van der Waals surface area (Å²) in [5.41, 5.74) is 0.390. The summed E-state index contributed by atoms with van der Waals surface area (Å²) in [6, 6.07) is 0.634. The molecule has 2 N–H and O–H groups in total. The highest BCUT2D eigenvalue weighted by molar-refractivity contribution is 5.75. The van der Waals surface area contributed by atoms with Crippen LogP contribution in [0.25, 0.3) is 0 Å². The van der Waals surface area contributed by atoms with Crippen LogP contribution < -0.4 is 10.6 Å². The van der Waals surface area contributed by atoms with Crippen molar-refractivity contribution in [3.63, 3.8) is 0 Å². The van der Waals surface area contributed by atoms with E-state index in [2.05, 4.69) is 15.5 Å². The summed E-state index contributed by atoms with van der Waals surface area (Å²) < 4.78 is 0. The van der Waals surface area contributed by atoms with Gasteiger partial charge in [0.2, 0.25) is 0 Å². The summed E-state index contributed by atoms with van der Waals surface area (Å²) in [5, 5.41) is 6.62. The van der Waals surface area contributed by atoms with Crippen molar-refractivity contribution in [2.45, 2.75) is 50.1 Å². The van der Waals surface area contributed by atoms with Crippen LogP contribution >= 0.6 is 0 Å². The second kappa shape index (κ2) is 3.91. The maximum Gasteiger partial charge on any atom is 0.317 e. The molecule has 3 fully saturated rings. The molecular formula is C12H21N3O. The monoisotopic (exact) mass is 223 g/mol. The van der Waals surface area contributed by atoms with E-state index in [4.69, 9.17) is 0 Å². The highest BCUT2D eigenvalue weighted by atomic mass is 16.2. The minimum atomic E-state index is 0.160. The van der Waals surface area contributed by atoms with Crippen molar-refractivity contribution in [1.82, 2.24) is 15.5 Å². The van der Waals surface area contributed by atoms with E-state index in [1.165, 1.54) is 25.7 Å². The molecule has 2 aliphatic heterocycles. The number of nitrogens with zero attached hydrogens (tertiary/aromatic N) is 1. The van der Waals surface area contributed by atoms with Gasteiger partial charge in [-0.05, 0) is 45.1 Å². The summed E-state index contributed by atoms with van der Waals surface area (Å²) in [6.45, 7) is 2.88. The fourth-order valence-electron chi connectivity index (χ4n) is 3.38. The normalized spacial score (nSPS) is 33.4. The molecule has 0 aromatic heterocycles. The van der Waals surface area contributed by atoms with Crippen LogP contribution in [0.1, 0.15) is 38.5 Å². The van der Waals surface area contributed by atoms with Crippen molar-refractivity contribution < 1.29 is 4.79 Å². The fourth-order valence-corrected chi connectivity index (χ4v) is 3.38. The van der Waals surface area contributed by atoms with E-state index in [0.29, 0.717) is 11.6 Å². The van der Waals surface area contributed by atoms with Gasteiger partial charge in [0.15, 0.2) is 0 Å². The quantitative estimate of drug-likeness (QED) is 0.698. The number of carbonyl (C=O) groups excluding carboxylic acids is 1. The Labute approximate surface area is 96.8 Å². The molecule has 90 valence electrons. The van der Waals surface area contributed by atoms with Crippen molar-refractivity contribution in [3.8, 4) is 0 Å². The molecular weight excluding hydrogens is 202 g/mol. The molecule has 1 saturated carbocycles. The summed E-state index contributed by atoms with van der Waals surface area (Å²) in [4.78, 5) is 13.9. The van der Waals surface area contributed by atoms with Crippen LogP contribution in [0.3, 0.4) is 0 Å². The van der Waals surface area contributed by atoms with Crippen molar-refractivity contribution >= 4 is 6.03 Å². The van der Waals surface area contributed by atoms with Crippen molar-refractivity contribution in [3.05, 3.63) is 0 Å². The first kappa shape index (κ1) is 10.4. The molecule has 3 aliphatic rings. The Bertz CT molecular complexity index is 288. The molecule has 2 amide bonds. The number of hydrogen-bond donors (Lipinski definition) is 2. The number of urea groups is 1. The molecule has 1 atom stereocenters. The average Bonchev–Trinajstić information content (AvgIpc) is 2.28. The Kier molecular flexibility index (Phi) is 2.54. The van der Waals surface area contributed by atoms with E-state index in [-0.39, 0.29) is 6.03 Å². The van der Waals surface area contributed by atoms with Gasteiger partial charge in [0.05, 0.1) is 0 Å². The Morgan fingerprint density at radius 3 is 2.81 bits per heavy atom. The second-order valence-corrected chi connectivity index (χ2v) is 5.49. The summed E-state index contributed by atoms with van der Waals surface area (Å²) in [5.74, 6) is 0. The SMILES string of the molecule is O=C1NCCCN1C1CCNC2(CCC2)C1. The molecule has 1 unspecified atom stereocenters. The van der Waals surface area contributed by atoms with Gasteiger partial charge >= 0.3 is 6.03 Å². The zero-order valence-corrected chi connectivity index (χ0v) is 9.80. The topological polar surface area (TPSA) is 44.4 Å². The van der Waals surface area contributed by atoms with Crippen molar-refractivity contribution in [2.75, 3.05) is 19.6 Å².